The summed E-state index contributed by atoms with van der Waals surface area (Å²) >= 11 is 13.2. The first kappa shape index (κ1) is 51.1. The summed E-state index contributed by atoms with van der Waals surface area (Å²) in [6.45, 7) is 6.96. The predicted molar refractivity (Wildman–Crippen MR) is 270 cm³/mol. The Morgan fingerprint density at radius 2 is 1.50 bits per heavy atom. The average Bonchev–Trinajstić information content (AvgIpc) is 3.97. The van der Waals surface area contributed by atoms with Crippen molar-refractivity contribution in [2.75, 3.05) is 39.0 Å². The Hall–Kier alpha value is -6.29. The minimum atomic E-state index is -0.325. The van der Waals surface area contributed by atoms with E-state index in [1.165, 1.54) is 18.2 Å². The zero-order chi connectivity index (χ0) is 48.6. The lowest BCUT2D eigenvalue weighted by molar-refractivity contribution is -0.122. The lowest BCUT2D eigenvalue weighted by atomic mass is 9.92. The fraction of sp³-hybridized carbons (Fsp3) is 0.392. The van der Waals surface area contributed by atoms with Crippen LogP contribution in [-0.2, 0) is 40.3 Å². The molecule has 15 nitrogen and oxygen atoms in total. The van der Waals surface area contributed by atoms with Crippen LogP contribution in [0, 0.1) is 0 Å². The molecule has 0 radical (unpaired) electrons. The molecule has 1 aliphatic heterocycles. The molecule has 0 saturated carbocycles. The normalized spacial score (nSPS) is 12.2. The van der Waals surface area contributed by atoms with E-state index in [0.29, 0.717) is 54.8 Å². The Labute approximate surface area is 407 Å². The van der Waals surface area contributed by atoms with Crippen LogP contribution in [0.4, 0.5) is 5.82 Å². The predicted octanol–water partition coefficient (Wildman–Crippen LogP) is 8.68. The number of nitrogens with one attached hydrogen (secondary N) is 4. The van der Waals surface area contributed by atoms with Crippen molar-refractivity contribution in [2.45, 2.75) is 97.6 Å². The van der Waals surface area contributed by atoms with Gasteiger partial charge < -0.3 is 41.5 Å². The second-order valence-electron chi connectivity index (χ2n) is 16.9. The van der Waals surface area contributed by atoms with Crippen LogP contribution in [0.25, 0.3) is 44.4 Å². The number of carbonyl (C=O) groups is 4. The van der Waals surface area contributed by atoms with Crippen molar-refractivity contribution in [3.63, 3.8) is 0 Å². The summed E-state index contributed by atoms with van der Waals surface area (Å²) in [6, 6.07) is 14.2. The standard InChI is InChI=1S/C49H58Cl2N10O4.C2H4O/c1-3-34-36(29-57-48(52)44(34)31-13-16-33(62)17-14-31)32-15-18-41(56-28-32)49(65)55-22-21-53-42(63)11-9-7-5-4-6-8-10-12-43(64)54-23-26-61-25-20-40(59-61)35-27-38(50)46(51)47-45(35)37-30-60(2)24-19-39(37)58-47;1-2-3/h13-18,20,25,27-29,58,62H,3-12,19,21-24,26,30H2,1-2H3,(H2,52,57)(H,53,63)(H,54,64)(H,55,65);2H,1H3. The molecule has 0 saturated heterocycles. The Kier molecular flexibility index (Phi) is 18.9. The number of halogens is 2. The first-order valence-corrected chi connectivity index (χ1v) is 24.2. The number of fused-ring (bicyclic) bond motifs is 3. The Morgan fingerprint density at radius 3 is 2.16 bits per heavy atom. The van der Waals surface area contributed by atoms with Gasteiger partial charge in [-0.3, -0.25) is 24.0 Å². The smallest absolute Gasteiger partial charge is 0.269 e. The largest absolute Gasteiger partial charge is 0.508 e. The van der Waals surface area contributed by atoms with E-state index < -0.39 is 0 Å². The first-order valence-electron chi connectivity index (χ1n) is 23.4. The van der Waals surface area contributed by atoms with Gasteiger partial charge in [0.05, 0.1) is 27.8 Å². The molecule has 5 heterocycles. The molecule has 0 bridgehead atoms. The number of anilines is 1. The van der Waals surface area contributed by atoms with E-state index in [-0.39, 0.29) is 35.7 Å². The number of carbonyl (C=O) groups excluding carboxylic acids is 4. The monoisotopic (exact) mass is 964 g/mol. The molecular weight excluding hydrogens is 904 g/mol. The van der Waals surface area contributed by atoms with E-state index in [1.54, 1.807) is 30.6 Å². The fourth-order valence-corrected chi connectivity index (χ4v) is 8.94. The van der Waals surface area contributed by atoms with Gasteiger partial charge in [-0.2, -0.15) is 5.10 Å². The number of benzene rings is 2. The number of H-pyrrole nitrogens is 1. The number of unbranched alkanes of at least 4 members (excludes halogenated alkanes) is 6. The van der Waals surface area contributed by atoms with Crippen molar-refractivity contribution >= 4 is 63.9 Å². The molecule has 0 atom stereocenters. The van der Waals surface area contributed by atoms with E-state index in [4.69, 9.17) is 38.8 Å². The van der Waals surface area contributed by atoms with Gasteiger partial charge in [-0.15, -0.1) is 0 Å². The maximum Gasteiger partial charge on any atom is 0.269 e. The van der Waals surface area contributed by atoms with Crippen molar-refractivity contribution in [2.24, 2.45) is 0 Å². The SMILES string of the molecule is CC=O.CCc1c(-c2ccc(C(=O)NCCNC(=O)CCCCCCCCCC(=O)NCCn3ccc(-c4cc(Cl)c(Cl)c5[nH]c6c(c45)CN(C)CC6)n3)nc2)cnc(N)c1-c1ccc(O)cc1. The minimum Gasteiger partial charge on any atom is -0.508 e. The Morgan fingerprint density at radius 1 is 0.853 bits per heavy atom. The number of nitrogen functional groups attached to an aromatic ring is 1. The molecule has 4 aromatic heterocycles. The fourth-order valence-electron chi connectivity index (χ4n) is 8.54. The highest BCUT2D eigenvalue weighted by Crippen LogP contribution is 2.42. The quantitative estimate of drug-likeness (QED) is 0.0298. The molecule has 3 amide bonds. The van der Waals surface area contributed by atoms with Crippen molar-refractivity contribution in [3.8, 4) is 39.3 Å². The van der Waals surface area contributed by atoms with Gasteiger partial charge in [0.15, 0.2) is 0 Å². The first-order chi connectivity index (χ1) is 32.9. The molecule has 7 N–H and O–H groups in total. The van der Waals surface area contributed by atoms with Gasteiger partial charge in [-0.05, 0) is 80.3 Å². The number of aromatic amines is 1. The van der Waals surface area contributed by atoms with Gasteiger partial charge in [0, 0.05) is 104 Å². The number of nitrogens with two attached hydrogens (primary N) is 1. The number of phenols is 1. The highest BCUT2D eigenvalue weighted by molar-refractivity contribution is 6.45. The van der Waals surface area contributed by atoms with Crippen LogP contribution in [0.15, 0.2) is 67.1 Å². The summed E-state index contributed by atoms with van der Waals surface area (Å²) in [7, 11) is 2.12. The summed E-state index contributed by atoms with van der Waals surface area (Å²) in [5.41, 5.74) is 15.9. The third kappa shape index (κ3) is 13.4. The van der Waals surface area contributed by atoms with E-state index in [0.717, 1.165) is 121 Å². The molecule has 7 rings (SSSR count). The average molecular weight is 966 g/mol. The van der Waals surface area contributed by atoms with Gasteiger partial charge in [0.25, 0.3) is 5.91 Å². The highest BCUT2D eigenvalue weighted by Gasteiger charge is 2.25. The number of rotatable bonds is 21. The number of aldehydes is 1. The molecule has 0 fully saturated rings. The topological polar surface area (TPSA) is 213 Å². The maximum absolute atomic E-state index is 12.8. The number of amides is 3. The zero-order valence-corrected chi connectivity index (χ0v) is 40.6. The van der Waals surface area contributed by atoms with Crippen LogP contribution in [0.5, 0.6) is 5.75 Å². The van der Waals surface area contributed by atoms with E-state index in [1.807, 2.05) is 48.1 Å². The van der Waals surface area contributed by atoms with Crippen LogP contribution in [0.3, 0.4) is 0 Å². The molecule has 0 aliphatic carbocycles. The van der Waals surface area contributed by atoms with Crippen molar-refractivity contribution in [3.05, 3.63) is 99.7 Å². The summed E-state index contributed by atoms with van der Waals surface area (Å²) in [5, 5.41) is 25.4. The minimum absolute atomic E-state index is 0.0349. The Bertz CT molecular complexity index is 2670. The lowest BCUT2D eigenvalue weighted by Gasteiger charge is -2.22. The zero-order valence-electron chi connectivity index (χ0n) is 39.1. The molecule has 68 heavy (non-hydrogen) atoms. The van der Waals surface area contributed by atoms with Gasteiger partial charge in [-0.25, -0.2) is 4.98 Å². The summed E-state index contributed by atoms with van der Waals surface area (Å²) in [4.78, 5) is 61.1. The second kappa shape index (κ2) is 25.2. The summed E-state index contributed by atoms with van der Waals surface area (Å²) in [6.07, 6.45) is 15.3. The van der Waals surface area contributed by atoms with Crippen LogP contribution in [0.2, 0.25) is 10.0 Å². The molecule has 0 unspecified atom stereocenters. The third-order valence-electron chi connectivity index (χ3n) is 12.0. The number of aromatic hydroxyl groups is 1. The van der Waals surface area contributed by atoms with Crippen LogP contribution >= 0.6 is 23.2 Å². The number of pyridine rings is 2. The second-order valence-corrected chi connectivity index (χ2v) is 17.7. The molecule has 0 spiro atoms. The summed E-state index contributed by atoms with van der Waals surface area (Å²) < 4.78 is 1.85. The molecule has 6 aromatic rings. The molecular formula is C51H62Cl2N10O5. The van der Waals surface area contributed by atoms with Gasteiger partial charge >= 0.3 is 0 Å². The number of hydrogen-bond donors (Lipinski definition) is 6. The number of aromatic nitrogens is 5. The number of phenolic OH excluding ortho intramolecular Hbond substituents is 1. The van der Waals surface area contributed by atoms with E-state index in [9.17, 15) is 19.5 Å². The van der Waals surface area contributed by atoms with Crippen LogP contribution in [-0.4, -0.2) is 92.0 Å². The van der Waals surface area contributed by atoms with Crippen LogP contribution < -0.4 is 21.7 Å². The van der Waals surface area contributed by atoms with Gasteiger partial charge in [0.1, 0.15) is 23.5 Å². The van der Waals surface area contributed by atoms with E-state index in [2.05, 4.69) is 42.8 Å². The number of likely N-dealkylation sites (N-methyl/N-ethyl adjacent to an activating group) is 1. The highest BCUT2D eigenvalue weighted by atomic mass is 35.5. The van der Waals surface area contributed by atoms with Gasteiger partial charge in [-0.1, -0.05) is 80.4 Å². The number of hydrogen-bond acceptors (Lipinski definition) is 10. The third-order valence-corrected chi connectivity index (χ3v) is 12.8. The van der Waals surface area contributed by atoms with Crippen molar-refractivity contribution in [1.82, 2.24) is 45.6 Å². The Balaban J connectivity index is 0.00000247. The van der Waals surface area contributed by atoms with Crippen molar-refractivity contribution in [1.29, 1.82) is 0 Å². The molecule has 360 valence electrons. The maximum atomic E-state index is 12.8. The van der Waals surface area contributed by atoms with Crippen LogP contribution in [0.1, 0.15) is 98.9 Å². The van der Waals surface area contributed by atoms with E-state index >= 15 is 0 Å². The number of nitrogens with zero attached hydrogens (tertiary/aromatic N) is 5. The molecule has 1 aliphatic rings. The van der Waals surface area contributed by atoms with Crippen molar-refractivity contribution < 1.29 is 24.3 Å². The molecule has 17 heteroatoms. The molecule has 2 aromatic carbocycles. The summed E-state index contributed by atoms with van der Waals surface area (Å²) in [5.74, 6) is 0.255. The van der Waals surface area contributed by atoms with Gasteiger partial charge in [0.2, 0.25) is 11.8 Å². The lowest BCUT2D eigenvalue weighted by Crippen LogP contribution is -2.34.